The quantitative estimate of drug-likeness (QED) is 0.502. The van der Waals surface area contributed by atoms with Crippen molar-refractivity contribution in [2.24, 2.45) is 4.99 Å². The van der Waals surface area contributed by atoms with E-state index in [1.807, 2.05) is 0 Å². The molecular weight excluding hydrogens is 328 g/mol. The van der Waals surface area contributed by atoms with Gasteiger partial charge in [0.05, 0.1) is 10.6 Å². The van der Waals surface area contributed by atoms with Gasteiger partial charge < -0.3 is 5.11 Å². The molecule has 0 spiro atoms. The topological polar surface area (TPSA) is 120 Å². The van der Waals surface area contributed by atoms with Crippen LogP contribution in [0, 0.1) is 17.0 Å². The van der Waals surface area contributed by atoms with Crippen LogP contribution >= 0.6 is 0 Å². The van der Waals surface area contributed by atoms with Gasteiger partial charge in [-0.2, -0.15) is 0 Å². The summed E-state index contributed by atoms with van der Waals surface area (Å²) < 4.78 is 2.05. The van der Waals surface area contributed by atoms with E-state index in [0.29, 0.717) is 5.56 Å². The van der Waals surface area contributed by atoms with Crippen molar-refractivity contribution < 1.29 is 10.0 Å². The van der Waals surface area contributed by atoms with E-state index in [2.05, 4.69) is 4.99 Å². The van der Waals surface area contributed by atoms with Crippen LogP contribution in [0.3, 0.4) is 0 Å². The summed E-state index contributed by atoms with van der Waals surface area (Å²) in [7, 11) is 0. The number of aliphatic imine (C=N–C) groups is 1. The third-order valence-corrected chi connectivity index (χ3v) is 3.80. The highest BCUT2D eigenvalue weighted by molar-refractivity contribution is 5.84. The number of hydrogen-bond acceptors (Lipinski definition) is 6. The summed E-state index contributed by atoms with van der Waals surface area (Å²) in [6.45, 7) is 5.24. The fourth-order valence-corrected chi connectivity index (χ4v) is 2.40. The van der Waals surface area contributed by atoms with Gasteiger partial charge in [0.15, 0.2) is 0 Å². The maximum absolute atomic E-state index is 12.4. The van der Waals surface area contributed by atoms with E-state index in [1.54, 1.807) is 32.9 Å². The standard InChI is InChI=1S/C16H18N4O5/c1-4-18-14(21)12(15(22)19(5-2)16(18)23)9-17-11-7-6-10(3)13(8-11)20(24)25/h6-9,21H,4-5H2,1-3H3. The SMILES string of the molecule is CCn1c(O)c(C=Nc2ccc(C)c([N+](=O)[O-])c2)c(=O)n(CC)c1=O. The lowest BCUT2D eigenvalue weighted by atomic mass is 10.2. The molecule has 0 unspecified atom stereocenters. The monoisotopic (exact) mass is 346 g/mol. The summed E-state index contributed by atoms with van der Waals surface area (Å²) >= 11 is 0. The summed E-state index contributed by atoms with van der Waals surface area (Å²) in [6, 6.07) is 4.38. The van der Waals surface area contributed by atoms with E-state index in [4.69, 9.17) is 0 Å². The largest absolute Gasteiger partial charge is 0.494 e. The molecule has 0 saturated heterocycles. The van der Waals surface area contributed by atoms with E-state index >= 15 is 0 Å². The second-order valence-corrected chi connectivity index (χ2v) is 5.30. The second-order valence-electron chi connectivity index (χ2n) is 5.30. The Balaban J connectivity index is 2.59. The number of aromatic nitrogens is 2. The van der Waals surface area contributed by atoms with Gasteiger partial charge in [-0.15, -0.1) is 0 Å². The lowest BCUT2D eigenvalue weighted by Gasteiger charge is -2.11. The Morgan fingerprint density at radius 1 is 1.24 bits per heavy atom. The van der Waals surface area contributed by atoms with Gasteiger partial charge in [-0.1, -0.05) is 6.07 Å². The fraction of sp³-hybridized carbons (Fsp3) is 0.312. The number of aromatic hydroxyl groups is 1. The highest BCUT2D eigenvalue weighted by Gasteiger charge is 2.16. The van der Waals surface area contributed by atoms with Crippen molar-refractivity contribution in [2.45, 2.75) is 33.9 Å². The molecule has 1 N–H and O–H groups in total. The molecule has 0 atom stereocenters. The molecule has 0 aliphatic carbocycles. The van der Waals surface area contributed by atoms with Gasteiger partial charge in [0.2, 0.25) is 5.88 Å². The van der Waals surface area contributed by atoms with Gasteiger partial charge in [0.25, 0.3) is 11.2 Å². The smallest absolute Gasteiger partial charge is 0.333 e. The summed E-state index contributed by atoms with van der Waals surface area (Å²) in [5, 5.41) is 21.2. The molecule has 0 radical (unpaired) electrons. The zero-order chi connectivity index (χ0) is 18.7. The normalized spacial score (nSPS) is 11.2. The van der Waals surface area contributed by atoms with E-state index < -0.39 is 22.1 Å². The average molecular weight is 346 g/mol. The Morgan fingerprint density at radius 3 is 2.44 bits per heavy atom. The molecule has 0 bridgehead atoms. The molecule has 1 aromatic heterocycles. The maximum atomic E-state index is 12.4. The lowest BCUT2D eigenvalue weighted by Crippen LogP contribution is -2.41. The van der Waals surface area contributed by atoms with E-state index in [-0.39, 0.29) is 30.0 Å². The summed E-state index contributed by atoms with van der Waals surface area (Å²) in [5.41, 5.74) is -0.765. The Morgan fingerprint density at radius 2 is 1.88 bits per heavy atom. The minimum atomic E-state index is -0.667. The van der Waals surface area contributed by atoms with Crippen LogP contribution in [0.1, 0.15) is 25.0 Å². The Kier molecular flexibility index (Phi) is 5.16. The number of aryl methyl sites for hydroxylation is 1. The molecule has 0 aliphatic rings. The van der Waals surface area contributed by atoms with Crippen molar-refractivity contribution in [1.29, 1.82) is 0 Å². The zero-order valence-corrected chi connectivity index (χ0v) is 14.1. The predicted molar refractivity (Wildman–Crippen MR) is 93.1 cm³/mol. The van der Waals surface area contributed by atoms with Crippen LogP contribution in [0.5, 0.6) is 5.88 Å². The van der Waals surface area contributed by atoms with Gasteiger partial charge in [-0.3, -0.25) is 29.0 Å². The summed E-state index contributed by atoms with van der Waals surface area (Å²) in [6.07, 6.45) is 1.11. The van der Waals surface area contributed by atoms with Crippen molar-refractivity contribution in [1.82, 2.24) is 9.13 Å². The molecule has 2 rings (SSSR count). The van der Waals surface area contributed by atoms with Gasteiger partial charge in [-0.25, -0.2) is 4.79 Å². The first kappa shape index (κ1) is 18.1. The molecule has 0 fully saturated rings. The van der Waals surface area contributed by atoms with Crippen LogP contribution < -0.4 is 11.2 Å². The van der Waals surface area contributed by atoms with Crippen LogP contribution in [0.2, 0.25) is 0 Å². The number of benzene rings is 1. The van der Waals surface area contributed by atoms with Crippen molar-refractivity contribution in [2.75, 3.05) is 0 Å². The van der Waals surface area contributed by atoms with Crippen LogP contribution in [0.25, 0.3) is 0 Å². The number of rotatable bonds is 5. The molecule has 9 nitrogen and oxygen atoms in total. The lowest BCUT2D eigenvalue weighted by molar-refractivity contribution is -0.385. The first-order chi connectivity index (χ1) is 11.8. The Hall–Kier alpha value is -3.23. The number of nitro benzene ring substituents is 1. The molecule has 2 aromatic rings. The molecular formula is C16H18N4O5. The third kappa shape index (κ3) is 3.35. The van der Waals surface area contributed by atoms with Gasteiger partial charge >= 0.3 is 5.69 Å². The highest BCUT2D eigenvalue weighted by Crippen LogP contribution is 2.24. The first-order valence-electron chi connectivity index (χ1n) is 7.67. The minimum Gasteiger partial charge on any atom is -0.494 e. The molecule has 132 valence electrons. The fourth-order valence-electron chi connectivity index (χ4n) is 2.40. The number of hydrogen-bond donors (Lipinski definition) is 1. The Labute approximate surface area is 142 Å². The van der Waals surface area contributed by atoms with Gasteiger partial charge in [0.1, 0.15) is 5.56 Å². The van der Waals surface area contributed by atoms with Crippen LogP contribution in [-0.2, 0) is 13.1 Å². The van der Waals surface area contributed by atoms with E-state index in [1.165, 1.54) is 6.07 Å². The zero-order valence-electron chi connectivity index (χ0n) is 14.1. The highest BCUT2D eigenvalue weighted by atomic mass is 16.6. The van der Waals surface area contributed by atoms with Crippen molar-refractivity contribution in [3.63, 3.8) is 0 Å². The summed E-state index contributed by atoms with van der Waals surface area (Å²) in [5.74, 6) is -0.479. The van der Waals surface area contributed by atoms with Gasteiger partial charge in [-0.05, 0) is 26.8 Å². The van der Waals surface area contributed by atoms with Crippen LogP contribution in [-0.4, -0.2) is 25.4 Å². The van der Waals surface area contributed by atoms with Gasteiger partial charge in [0, 0.05) is 30.9 Å². The summed E-state index contributed by atoms with van der Waals surface area (Å²) in [4.78, 5) is 39.0. The average Bonchev–Trinajstić information content (AvgIpc) is 2.56. The van der Waals surface area contributed by atoms with Crippen molar-refractivity contribution >= 4 is 17.6 Å². The Bertz CT molecular complexity index is 972. The van der Waals surface area contributed by atoms with Crippen LogP contribution in [0.4, 0.5) is 11.4 Å². The molecule has 0 amide bonds. The van der Waals surface area contributed by atoms with Crippen molar-refractivity contribution in [3.8, 4) is 5.88 Å². The van der Waals surface area contributed by atoms with Crippen molar-refractivity contribution in [3.05, 3.63) is 60.3 Å². The van der Waals surface area contributed by atoms with E-state index in [0.717, 1.165) is 15.3 Å². The third-order valence-electron chi connectivity index (χ3n) is 3.80. The number of nitro groups is 1. The number of nitrogens with zero attached hydrogens (tertiary/aromatic N) is 4. The van der Waals surface area contributed by atoms with E-state index in [9.17, 15) is 24.8 Å². The molecule has 1 aromatic carbocycles. The minimum absolute atomic E-state index is 0.0941. The predicted octanol–water partition coefficient (Wildman–Crippen LogP) is 1.72. The second kappa shape index (κ2) is 7.12. The first-order valence-corrected chi connectivity index (χ1v) is 7.67. The molecule has 0 saturated carbocycles. The molecule has 1 heterocycles. The molecule has 9 heteroatoms. The molecule has 25 heavy (non-hydrogen) atoms. The maximum Gasteiger partial charge on any atom is 0.333 e. The van der Waals surface area contributed by atoms with Crippen LogP contribution in [0.15, 0.2) is 32.8 Å². The molecule has 0 aliphatic heterocycles.